The average Bonchev–Trinajstić information content (AvgIpc) is 3.31. The topological polar surface area (TPSA) is 136 Å². The number of nitrogens with one attached hydrogen (secondary N) is 3. The third-order valence-corrected chi connectivity index (χ3v) is 6.00. The minimum absolute atomic E-state index is 0.0946. The molecule has 0 unspecified atom stereocenters. The summed E-state index contributed by atoms with van der Waals surface area (Å²) in [6.07, 6.45) is 1.61. The molecule has 2 aromatic carbocycles. The first-order valence-corrected chi connectivity index (χ1v) is 13.0. The zero-order chi connectivity index (χ0) is 28.9. The lowest BCUT2D eigenvalue weighted by atomic mass is 10.1. The van der Waals surface area contributed by atoms with E-state index >= 15 is 4.39 Å². The molecule has 0 radical (unpaired) electrons. The first kappa shape index (κ1) is 28.3. The molecule has 0 aliphatic heterocycles. The van der Waals surface area contributed by atoms with Crippen molar-refractivity contribution in [2.45, 2.75) is 52.3 Å². The summed E-state index contributed by atoms with van der Waals surface area (Å²) in [7, 11) is 0. The van der Waals surface area contributed by atoms with Crippen molar-refractivity contribution in [3.05, 3.63) is 77.7 Å². The van der Waals surface area contributed by atoms with Crippen LogP contribution in [0.4, 0.5) is 26.5 Å². The third kappa shape index (κ3) is 7.25. The number of halogens is 1. The molecule has 0 fully saturated rings. The number of amides is 2. The number of ether oxygens (including phenoxy) is 1. The van der Waals surface area contributed by atoms with E-state index in [0.29, 0.717) is 12.1 Å². The van der Waals surface area contributed by atoms with Crippen molar-refractivity contribution in [1.82, 2.24) is 20.1 Å². The number of primary amides is 1. The van der Waals surface area contributed by atoms with Crippen LogP contribution in [0, 0.1) is 5.82 Å². The average molecular weight is 548 g/mol. The van der Waals surface area contributed by atoms with Gasteiger partial charge in [0.25, 0.3) is 5.91 Å². The number of aromatic nitrogens is 3. The quantitative estimate of drug-likeness (QED) is 0.220. The van der Waals surface area contributed by atoms with Crippen molar-refractivity contribution in [3.8, 4) is 0 Å². The van der Waals surface area contributed by atoms with Crippen molar-refractivity contribution < 1.29 is 18.7 Å². The van der Waals surface area contributed by atoms with Gasteiger partial charge in [0.05, 0.1) is 17.3 Å². The van der Waals surface area contributed by atoms with Gasteiger partial charge in [0.2, 0.25) is 0 Å². The molecule has 0 aliphatic rings. The molecule has 0 saturated heterocycles. The Hall–Kier alpha value is -4.67. The van der Waals surface area contributed by atoms with Crippen LogP contribution >= 0.6 is 0 Å². The van der Waals surface area contributed by atoms with Gasteiger partial charge in [-0.2, -0.15) is 5.10 Å². The number of fused-ring (bicyclic) bond motifs is 1. The Bertz CT molecular complexity index is 1500. The van der Waals surface area contributed by atoms with Crippen LogP contribution < -0.4 is 21.7 Å². The zero-order valence-electron chi connectivity index (χ0n) is 23.0. The molecule has 10 nitrogen and oxygen atoms in total. The fourth-order valence-corrected chi connectivity index (χ4v) is 4.21. The molecule has 210 valence electrons. The summed E-state index contributed by atoms with van der Waals surface area (Å²) in [6, 6.07) is 15.7. The van der Waals surface area contributed by atoms with Crippen molar-refractivity contribution in [3.63, 3.8) is 0 Å². The summed E-state index contributed by atoms with van der Waals surface area (Å²) in [5.41, 5.74) is 7.35. The van der Waals surface area contributed by atoms with E-state index in [1.54, 1.807) is 27.0 Å². The highest BCUT2D eigenvalue weighted by atomic mass is 19.1. The number of benzene rings is 2. The molecule has 0 saturated carbocycles. The first-order chi connectivity index (χ1) is 19.0. The molecule has 4 aromatic rings. The van der Waals surface area contributed by atoms with E-state index in [2.05, 4.69) is 26.0 Å². The Morgan fingerprint density at radius 1 is 1.10 bits per heavy atom. The fraction of sp³-hybridized carbons (Fsp3) is 0.310. The second kappa shape index (κ2) is 12.0. The number of carbonyl (C=O) groups excluding carboxylic acids is 2. The number of aryl methyl sites for hydroxylation is 1. The van der Waals surface area contributed by atoms with Gasteiger partial charge in [-0.25, -0.2) is 14.2 Å². The highest BCUT2D eigenvalue weighted by Crippen LogP contribution is 2.27. The van der Waals surface area contributed by atoms with E-state index in [0.717, 1.165) is 29.1 Å². The maximum absolute atomic E-state index is 15.2. The van der Waals surface area contributed by atoms with Crippen molar-refractivity contribution in [2.24, 2.45) is 5.73 Å². The van der Waals surface area contributed by atoms with Gasteiger partial charge in [0.1, 0.15) is 11.4 Å². The second-order valence-electron chi connectivity index (χ2n) is 10.4. The van der Waals surface area contributed by atoms with Gasteiger partial charge in [-0.05, 0) is 63.9 Å². The molecule has 0 bridgehead atoms. The van der Waals surface area contributed by atoms with E-state index < -0.39 is 29.5 Å². The van der Waals surface area contributed by atoms with Crippen LogP contribution in [-0.4, -0.2) is 45.0 Å². The number of hydrogen-bond donors (Lipinski definition) is 4. The summed E-state index contributed by atoms with van der Waals surface area (Å²) in [6.45, 7) is 8.17. The Labute approximate surface area is 232 Å². The molecular weight excluding hydrogens is 513 g/mol. The number of carbonyl (C=O) groups is 2. The maximum atomic E-state index is 15.2. The van der Waals surface area contributed by atoms with Crippen molar-refractivity contribution in [1.29, 1.82) is 0 Å². The summed E-state index contributed by atoms with van der Waals surface area (Å²) >= 11 is 0. The Morgan fingerprint density at radius 3 is 2.52 bits per heavy atom. The van der Waals surface area contributed by atoms with Gasteiger partial charge >= 0.3 is 6.09 Å². The minimum atomic E-state index is -0.826. The van der Waals surface area contributed by atoms with Gasteiger partial charge < -0.3 is 26.4 Å². The van der Waals surface area contributed by atoms with Crippen LogP contribution in [0.25, 0.3) is 10.9 Å². The van der Waals surface area contributed by atoms with Gasteiger partial charge in [0.15, 0.2) is 11.6 Å². The largest absolute Gasteiger partial charge is 0.444 e. The van der Waals surface area contributed by atoms with E-state index in [9.17, 15) is 9.59 Å². The third-order valence-electron chi connectivity index (χ3n) is 6.00. The van der Waals surface area contributed by atoms with Crippen LogP contribution in [-0.2, 0) is 17.7 Å². The summed E-state index contributed by atoms with van der Waals surface area (Å²) in [4.78, 5) is 28.9. The number of anilines is 3. The highest BCUT2D eigenvalue weighted by Gasteiger charge is 2.21. The molecule has 2 aromatic heterocycles. The van der Waals surface area contributed by atoms with Crippen LogP contribution in [0.2, 0.25) is 0 Å². The Kier molecular flexibility index (Phi) is 8.52. The number of rotatable bonds is 10. The molecule has 2 heterocycles. The van der Waals surface area contributed by atoms with Gasteiger partial charge in [-0.1, -0.05) is 30.3 Å². The summed E-state index contributed by atoms with van der Waals surface area (Å²) in [5, 5.41) is 14.2. The second-order valence-corrected chi connectivity index (χ2v) is 10.4. The lowest BCUT2D eigenvalue weighted by Gasteiger charge is -2.24. The SMILES string of the molecule is CCn1ncc2cc(Nc3nc(N[C@@H](CNC(=O)OC(C)(C)C)Cc4ccccc4)c(F)cc3C(N)=O)ccc21. The number of nitrogens with zero attached hydrogens (tertiary/aromatic N) is 3. The number of nitrogens with two attached hydrogens (primary N) is 1. The van der Waals surface area contributed by atoms with Gasteiger partial charge in [0, 0.05) is 30.2 Å². The van der Waals surface area contributed by atoms with Crippen molar-refractivity contribution >= 4 is 40.2 Å². The molecule has 11 heteroatoms. The molecule has 40 heavy (non-hydrogen) atoms. The normalized spacial score (nSPS) is 12.1. The molecule has 0 spiro atoms. The maximum Gasteiger partial charge on any atom is 0.407 e. The van der Waals surface area contributed by atoms with E-state index in [4.69, 9.17) is 10.5 Å². The number of pyridine rings is 1. The molecule has 4 rings (SSSR count). The van der Waals surface area contributed by atoms with E-state index in [-0.39, 0.29) is 23.7 Å². The fourth-order valence-electron chi connectivity index (χ4n) is 4.21. The number of hydrogen-bond acceptors (Lipinski definition) is 7. The Balaban J connectivity index is 1.61. The standard InChI is InChI=1S/C29H34FN7O3/c1-5-37-24-12-11-20(14-19(24)16-33-37)34-26-22(25(31)38)15-23(30)27(36-26)35-21(13-18-9-7-6-8-10-18)17-32-28(39)40-29(2,3)4/h6-12,14-16,21H,5,13,17H2,1-4H3,(H2,31,38)(H,32,39)(H2,34,35,36)/t21-/m1/s1. The molecular formula is C29H34FN7O3. The summed E-state index contributed by atoms with van der Waals surface area (Å²) < 4.78 is 22.4. The minimum Gasteiger partial charge on any atom is -0.444 e. The van der Waals surface area contributed by atoms with E-state index in [1.165, 1.54) is 0 Å². The van der Waals surface area contributed by atoms with Crippen LogP contribution in [0.15, 0.2) is 60.8 Å². The van der Waals surface area contributed by atoms with Crippen LogP contribution in [0.5, 0.6) is 0 Å². The van der Waals surface area contributed by atoms with Gasteiger partial charge in [-0.15, -0.1) is 0 Å². The molecule has 2 amide bonds. The van der Waals surface area contributed by atoms with Crippen molar-refractivity contribution in [2.75, 3.05) is 17.2 Å². The van der Waals surface area contributed by atoms with Crippen LogP contribution in [0.1, 0.15) is 43.6 Å². The monoisotopic (exact) mass is 547 g/mol. The molecule has 1 atom stereocenters. The Morgan fingerprint density at radius 2 is 1.85 bits per heavy atom. The predicted octanol–water partition coefficient (Wildman–Crippen LogP) is 4.98. The van der Waals surface area contributed by atoms with Gasteiger partial charge in [-0.3, -0.25) is 9.48 Å². The molecule has 0 aliphatic carbocycles. The first-order valence-electron chi connectivity index (χ1n) is 13.0. The number of alkyl carbamates (subject to hydrolysis) is 1. The van der Waals surface area contributed by atoms with E-state index in [1.807, 2.05) is 60.1 Å². The molecule has 5 N–H and O–H groups in total. The lowest BCUT2D eigenvalue weighted by molar-refractivity contribution is 0.0525. The van der Waals surface area contributed by atoms with Crippen LogP contribution in [0.3, 0.4) is 0 Å². The predicted molar refractivity (Wildman–Crippen MR) is 153 cm³/mol. The summed E-state index contributed by atoms with van der Waals surface area (Å²) in [5.74, 6) is -1.58. The lowest BCUT2D eigenvalue weighted by Crippen LogP contribution is -2.40. The zero-order valence-corrected chi connectivity index (χ0v) is 23.0. The smallest absolute Gasteiger partial charge is 0.407 e. The highest BCUT2D eigenvalue weighted by molar-refractivity contribution is 5.99.